The van der Waals surface area contributed by atoms with Gasteiger partial charge in [0.1, 0.15) is 22.8 Å². The monoisotopic (exact) mass is 388 g/mol. The molecule has 0 aliphatic carbocycles. The molecule has 0 saturated carbocycles. The summed E-state index contributed by atoms with van der Waals surface area (Å²) in [5, 5.41) is 20.7. The lowest BCUT2D eigenvalue weighted by molar-refractivity contribution is 0.0735. The predicted molar refractivity (Wildman–Crippen MR) is 104 cm³/mol. The van der Waals surface area contributed by atoms with Crippen molar-refractivity contribution in [2.24, 2.45) is 0 Å². The highest BCUT2D eigenvalue weighted by Crippen LogP contribution is 2.51. The smallest absolute Gasteiger partial charge is 0.347 e. The third-order valence-electron chi connectivity index (χ3n) is 4.90. The molecular formula is C21H21ClO5. The van der Waals surface area contributed by atoms with Crippen LogP contribution in [0.25, 0.3) is 0 Å². The van der Waals surface area contributed by atoms with Gasteiger partial charge >= 0.3 is 5.97 Å². The molecule has 1 aliphatic heterocycles. The van der Waals surface area contributed by atoms with Crippen LogP contribution in [0.4, 0.5) is 0 Å². The summed E-state index contributed by atoms with van der Waals surface area (Å²) in [4.78, 5) is 12.8. The van der Waals surface area contributed by atoms with Crippen LogP contribution < -0.4 is 9.47 Å². The number of carbonyl (C=O) groups excluding carboxylic acids is 1. The first kappa shape index (κ1) is 19.1. The first-order valence-electron chi connectivity index (χ1n) is 8.59. The number of halogens is 1. The maximum atomic E-state index is 12.8. The second-order valence-electron chi connectivity index (χ2n) is 6.69. The summed E-state index contributed by atoms with van der Waals surface area (Å²) in [5.41, 5.74) is 1.94. The Morgan fingerprint density at radius 1 is 1.04 bits per heavy atom. The van der Waals surface area contributed by atoms with Gasteiger partial charge in [0.15, 0.2) is 11.5 Å². The number of carbonyl (C=O) groups is 1. The van der Waals surface area contributed by atoms with Crippen molar-refractivity contribution in [2.45, 2.75) is 40.5 Å². The number of allylic oxidation sites excluding steroid dienone is 2. The Morgan fingerprint density at radius 3 is 2.33 bits per heavy atom. The van der Waals surface area contributed by atoms with E-state index in [2.05, 4.69) is 0 Å². The van der Waals surface area contributed by atoms with Crippen molar-refractivity contribution in [1.82, 2.24) is 0 Å². The SMILES string of the molecule is CC=CC(C)c1cc(O)c(C)c2c1Oc1c(C)c(O)c(Cl)c(C)c1C(=O)O2. The molecule has 0 aromatic heterocycles. The predicted octanol–water partition coefficient (Wildman–Crippen LogP) is 5.68. The largest absolute Gasteiger partial charge is 0.508 e. The average Bonchev–Trinajstić information content (AvgIpc) is 2.78. The molecule has 3 rings (SSSR count). The second-order valence-corrected chi connectivity index (χ2v) is 7.07. The van der Waals surface area contributed by atoms with Gasteiger partial charge in [-0.25, -0.2) is 4.79 Å². The Labute approximate surface area is 162 Å². The molecule has 1 heterocycles. The van der Waals surface area contributed by atoms with Gasteiger partial charge in [-0.1, -0.05) is 30.7 Å². The third kappa shape index (κ3) is 2.92. The van der Waals surface area contributed by atoms with Crippen molar-refractivity contribution in [2.75, 3.05) is 0 Å². The van der Waals surface area contributed by atoms with E-state index in [0.29, 0.717) is 28.0 Å². The number of phenolic OH excluding ortho intramolecular Hbond substituents is 2. The Hall–Kier alpha value is -2.66. The maximum absolute atomic E-state index is 12.8. The zero-order valence-electron chi connectivity index (χ0n) is 15.8. The Morgan fingerprint density at radius 2 is 1.70 bits per heavy atom. The van der Waals surface area contributed by atoms with Crippen molar-refractivity contribution in [1.29, 1.82) is 0 Å². The number of phenols is 2. The minimum Gasteiger partial charge on any atom is -0.508 e. The standard InChI is InChI=1S/C21H21ClO5/c1-6-7-9(2)13-8-14(23)10(3)19-20(13)26-18-12(5)17(24)16(22)11(4)15(18)21(25)27-19/h6-9,23-24H,1-5H3. The molecule has 142 valence electrons. The summed E-state index contributed by atoms with van der Waals surface area (Å²) in [7, 11) is 0. The van der Waals surface area contributed by atoms with Gasteiger partial charge in [-0.05, 0) is 39.3 Å². The van der Waals surface area contributed by atoms with Crippen LogP contribution in [0.15, 0.2) is 18.2 Å². The number of esters is 1. The average molecular weight is 389 g/mol. The number of aromatic hydroxyl groups is 2. The molecule has 1 atom stereocenters. The van der Waals surface area contributed by atoms with E-state index in [1.807, 2.05) is 26.0 Å². The highest BCUT2D eigenvalue weighted by molar-refractivity contribution is 6.33. The van der Waals surface area contributed by atoms with Gasteiger partial charge in [-0.2, -0.15) is 0 Å². The molecule has 1 aliphatic rings. The van der Waals surface area contributed by atoms with Crippen molar-refractivity contribution in [3.63, 3.8) is 0 Å². The number of fused-ring (bicyclic) bond motifs is 2. The summed E-state index contributed by atoms with van der Waals surface area (Å²) < 4.78 is 11.8. The van der Waals surface area contributed by atoms with Crippen LogP contribution in [0.1, 0.15) is 52.4 Å². The molecule has 0 saturated heterocycles. The minimum absolute atomic E-state index is 0.0109. The number of rotatable bonds is 2. The Kier molecular flexibility index (Phi) is 4.82. The fourth-order valence-electron chi connectivity index (χ4n) is 3.23. The number of hydrogen-bond acceptors (Lipinski definition) is 5. The summed E-state index contributed by atoms with van der Waals surface area (Å²) in [6.07, 6.45) is 3.84. The molecule has 27 heavy (non-hydrogen) atoms. The summed E-state index contributed by atoms with van der Waals surface area (Å²) in [5.74, 6) is -0.164. The lowest BCUT2D eigenvalue weighted by Gasteiger charge is -2.19. The molecule has 2 aromatic rings. The summed E-state index contributed by atoms with van der Waals surface area (Å²) in [6.45, 7) is 8.73. The third-order valence-corrected chi connectivity index (χ3v) is 5.36. The maximum Gasteiger partial charge on any atom is 0.347 e. The van der Waals surface area contributed by atoms with E-state index in [1.54, 1.807) is 26.8 Å². The van der Waals surface area contributed by atoms with E-state index in [1.165, 1.54) is 0 Å². The Balaban J connectivity index is 2.36. The fourth-order valence-corrected chi connectivity index (χ4v) is 3.47. The molecule has 1 unspecified atom stereocenters. The van der Waals surface area contributed by atoms with E-state index in [-0.39, 0.29) is 39.5 Å². The molecule has 5 nitrogen and oxygen atoms in total. The number of ether oxygens (including phenoxy) is 2. The van der Waals surface area contributed by atoms with Gasteiger partial charge in [-0.15, -0.1) is 0 Å². The van der Waals surface area contributed by atoms with E-state index in [0.717, 1.165) is 0 Å². The van der Waals surface area contributed by atoms with E-state index >= 15 is 0 Å². The van der Waals surface area contributed by atoms with Crippen LogP contribution in [-0.2, 0) is 0 Å². The van der Waals surface area contributed by atoms with Crippen LogP contribution in [-0.4, -0.2) is 16.2 Å². The first-order chi connectivity index (χ1) is 12.7. The lowest BCUT2D eigenvalue weighted by Crippen LogP contribution is -2.11. The molecule has 2 N–H and O–H groups in total. The van der Waals surface area contributed by atoms with E-state index < -0.39 is 5.97 Å². The van der Waals surface area contributed by atoms with Crippen LogP contribution in [0.5, 0.6) is 28.7 Å². The molecule has 0 bridgehead atoms. The van der Waals surface area contributed by atoms with Crippen LogP contribution in [0.3, 0.4) is 0 Å². The number of benzene rings is 2. The minimum atomic E-state index is -0.649. The van der Waals surface area contributed by atoms with Crippen molar-refractivity contribution in [3.05, 3.63) is 51.1 Å². The van der Waals surface area contributed by atoms with Gasteiger partial charge in [-0.3, -0.25) is 0 Å². The number of hydrogen-bond donors (Lipinski definition) is 2. The zero-order valence-corrected chi connectivity index (χ0v) is 16.6. The molecule has 0 spiro atoms. The molecule has 2 aromatic carbocycles. The molecule has 6 heteroatoms. The van der Waals surface area contributed by atoms with Crippen molar-refractivity contribution in [3.8, 4) is 28.7 Å². The van der Waals surface area contributed by atoms with Gasteiger partial charge in [0.05, 0.1) is 5.02 Å². The molecular weight excluding hydrogens is 368 g/mol. The van der Waals surface area contributed by atoms with Crippen LogP contribution >= 0.6 is 11.6 Å². The first-order valence-corrected chi connectivity index (χ1v) is 8.97. The zero-order chi connectivity index (χ0) is 20.0. The van der Waals surface area contributed by atoms with Crippen molar-refractivity contribution < 1.29 is 24.5 Å². The molecule has 0 amide bonds. The lowest BCUT2D eigenvalue weighted by atomic mass is 9.96. The Bertz CT molecular complexity index is 991. The van der Waals surface area contributed by atoms with E-state index in [9.17, 15) is 15.0 Å². The van der Waals surface area contributed by atoms with Gasteiger partial charge in [0.25, 0.3) is 0 Å². The normalized spacial score (nSPS) is 14.2. The summed E-state index contributed by atoms with van der Waals surface area (Å²) >= 11 is 6.17. The highest BCUT2D eigenvalue weighted by Gasteiger charge is 2.33. The van der Waals surface area contributed by atoms with Crippen molar-refractivity contribution >= 4 is 17.6 Å². The van der Waals surface area contributed by atoms with Gasteiger partial charge in [0, 0.05) is 22.6 Å². The van der Waals surface area contributed by atoms with Gasteiger partial charge in [0.2, 0.25) is 0 Å². The molecule has 0 radical (unpaired) electrons. The fraction of sp³-hybridized carbons (Fsp3) is 0.286. The van der Waals surface area contributed by atoms with Gasteiger partial charge < -0.3 is 19.7 Å². The quantitative estimate of drug-likeness (QED) is 0.393. The van der Waals surface area contributed by atoms with E-state index in [4.69, 9.17) is 21.1 Å². The summed E-state index contributed by atoms with van der Waals surface area (Å²) in [6, 6.07) is 1.61. The topological polar surface area (TPSA) is 76.0 Å². The second kappa shape index (κ2) is 6.82. The molecule has 0 fully saturated rings. The van der Waals surface area contributed by atoms with Crippen LogP contribution in [0, 0.1) is 20.8 Å². The highest BCUT2D eigenvalue weighted by atomic mass is 35.5. The van der Waals surface area contributed by atoms with Crippen LogP contribution in [0.2, 0.25) is 5.02 Å².